The van der Waals surface area contributed by atoms with E-state index in [1.165, 1.54) is 0 Å². The minimum atomic E-state index is -4.42. The van der Waals surface area contributed by atoms with E-state index in [2.05, 4.69) is 10.1 Å². The molecule has 0 spiro atoms. The highest BCUT2D eigenvalue weighted by Crippen LogP contribution is 2.30. The molecule has 6 nitrogen and oxygen atoms in total. The quantitative estimate of drug-likeness (QED) is 0.832. The number of halogens is 3. The van der Waals surface area contributed by atoms with Crippen molar-refractivity contribution < 1.29 is 18.0 Å². The number of aryl methyl sites for hydroxylation is 3. The van der Waals surface area contributed by atoms with E-state index >= 15 is 0 Å². The van der Waals surface area contributed by atoms with Crippen molar-refractivity contribution in [3.63, 3.8) is 0 Å². The van der Waals surface area contributed by atoms with E-state index in [0.717, 1.165) is 17.6 Å². The molecule has 1 atom stereocenters. The highest BCUT2D eigenvalue weighted by atomic mass is 19.4. The molecule has 0 aliphatic carbocycles. The van der Waals surface area contributed by atoms with Crippen molar-refractivity contribution >= 4 is 5.91 Å². The lowest BCUT2D eigenvalue weighted by atomic mass is 9.99. The lowest BCUT2D eigenvalue weighted by molar-refractivity contribution is -0.141. The summed E-state index contributed by atoms with van der Waals surface area (Å²) in [5, 5.41) is 4.29. The number of alkyl halides is 3. The lowest BCUT2D eigenvalue weighted by Crippen LogP contribution is -2.37. The minimum Gasteiger partial charge on any atom is -0.344 e. The highest BCUT2D eigenvalue weighted by Gasteiger charge is 2.36. The first-order valence-corrected chi connectivity index (χ1v) is 8.51. The van der Waals surface area contributed by atoms with Crippen molar-refractivity contribution in [1.29, 1.82) is 0 Å². The molecule has 142 valence electrons. The van der Waals surface area contributed by atoms with Crippen molar-refractivity contribution in [2.24, 2.45) is 5.92 Å². The summed E-state index contributed by atoms with van der Waals surface area (Å²) in [5.74, 6) is 0.501. The predicted octanol–water partition coefficient (Wildman–Crippen LogP) is 2.44. The first-order chi connectivity index (χ1) is 12.1. The molecule has 3 heterocycles. The fourth-order valence-corrected chi connectivity index (χ4v) is 3.37. The molecule has 26 heavy (non-hydrogen) atoms. The van der Waals surface area contributed by atoms with Gasteiger partial charge in [-0.3, -0.25) is 9.48 Å². The molecule has 0 aromatic carbocycles. The van der Waals surface area contributed by atoms with Crippen LogP contribution in [-0.2, 0) is 30.5 Å². The van der Waals surface area contributed by atoms with Crippen LogP contribution in [0.5, 0.6) is 0 Å². The monoisotopic (exact) mass is 369 g/mol. The van der Waals surface area contributed by atoms with Crippen LogP contribution in [0.15, 0.2) is 12.3 Å². The van der Waals surface area contributed by atoms with Crippen LogP contribution < -0.4 is 0 Å². The minimum absolute atomic E-state index is 0.0661. The van der Waals surface area contributed by atoms with Gasteiger partial charge in [-0.05, 0) is 32.3 Å². The van der Waals surface area contributed by atoms with Gasteiger partial charge in [-0.1, -0.05) is 0 Å². The number of imidazole rings is 1. The zero-order chi connectivity index (χ0) is 19.1. The lowest BCUT2D eigenvalue weighted by Gasteiger charge is -2.28. The van der Waals surface area contributed by atoms with Crippen LogP contribution in [0.2, 0.25) is 0 Å². The van der Waals surface area contributed by atoms with E-state index in [9.17, 15) is 18.0 Å². The molecule has 3 rings (SSSR count). The standard InChI is InChI=1S/C17H22F3N5O/c1-11-6-12(2)25(22-11)10-16(26)23(3)7-13-4-5-15-21-14(17(18,19)20)9-24(15)8-13/h6,9,13H,4-5,7-8,10H2,1-3H3/t13-/m1/s1. The van der Waals surface area contributed by atoms with Crippen molar-refractivity contribution in [2.45, 2.75) is 46.0 Å². The van der Waals surface area contributed by atoms with Crippen molar-refractivity contribution in [1.82, 2.24) is 24.2 Å². The SMILES string of the molecule is Cc1cc(C)n(CC(=O)N(C)C[C@H]2CCc3nc(C(F)(F)F)cn3C2)n1. The van der Waals surface area contributed by atoms with Crippen molar-refractivity contribution in [2.75, 3.05) is 13.6 Å². The molecule has 0 radical (unpaired) electrons. The fraction of sp³-hybridized carbons (Fsp3) is 0.588. The Morgan fingerprint density at radius 2 is 2.12 bits per heavy atom. The third-order valence-electron chi connectivity index (χ3n) is 4.73. The molecular weight excluding hydrogens is 347 g/mol. The van der Waals surface area contributed by atoms with E-state index in [0.29, 0.717) is 31.8 Å². The van der Waals surface area contributed by atoms with Gasteiger partial charge in [0.1, 0.15) is 12.4 Å². The first-order valence-electron chi connectivity index (χ1n) is 8.51. The third-order valence-corrected chi connectivity index (χ3v) is 4.73. The number of amides is 1. The summed E-state index contributed by atoms with van der Waals surface area (Å²) in [6.45, 7) is 4.87. The zero-order valence-electron chi connectivity index (χ0n) is 15.0. The molecule has 2 aromatic heterocycles. The number of hydrogen-bond donors (Lipinski definition) is 0. The van der Waals surface area contributed by atoms with Crippen LogP contribution in [0.3, 0.4) is 0 Å². The second-order valence-electron chi connectivity index (χ2n) is 6.96. The molecule has 0 saturated carbocycles. The van der Waals surface area contributed by atoms with Gasteiger partial charge >= 0.3 is 6.18 Å². The Hall–Kier alpha value is -2.32. The van der Waals surface area contributed by atoms with Crippen LogP contribution >= 0.6 is 0 Å². The average Bonchev–Trinajstić information content (AvgIpc) is 3.09. The number of aromatic nitrogens is 4. The van der Waals surface area contributed by atoms with E-state index < -0.39 is 11.9 Å². The molecule has 1 amide bonds. The van der Waals surface area contributed by atoms with Gasteiger partial charge in [0.05, 0.1) is 5.69 Å². The zero-order valence-corrected chi connectivity index (χ0v) is 15.0. The topological polar surface area (TPSA) is 56.0 Å². The molecule has 0 saturated heterocycles. The Labute approximate surface area is 149 Å². The van der Waals surface area contributed by atoms with Crippen LogP contribution in [0.25, 0.3) is 0 Å². The van der Waals surface area contributed by atoms with E-state index in [4.69, 9.17) is 0 Å². The summed E-state index contributed by atoms with van der Waals surface area (Å²) in [5.41, 5.74) is 0.935. The smallest absolute Gasteiger partial charge is 0.344 e. The Bertz CT molecular complexity index is 808. The summed E-state index contributed by atoms with van der Waals surface area (Å²) in [6, 6.07) is 1.91. The largest absolute Gasteiger partial charge is 0.434 e. The van der Waals surface area contributed by atoms with E-state index in [-0.39, 0.29) is 18.4 Å². The van der Waals surface area contributed by atoms with Gasteiger partial charge in [0.15, 0.2) is 5.69 Å². The number of likely N-dealkylation sites (N-methyl/N-ethyl adjacent to an activating group) is 1. The molecule has 2 aromatic rings. The Morgan fingerprint density at radius 3 is 2.73 bits per heavy atom. The van der Waals surface area contributed by atoms with Gasteiger partial charge in [-0.15, -0.1) is 0 Å². The Morgan fingerprint density at radius 1 is 1.38 bits per heavy atom. The molecule has 0 bridgehead atoms. The fourth-order valence-electron chi connectivity index (χ4n) is 3.37. The molecule has 0 fully saturated rings. The Balaban J connectivity index is 1.60. The summed E-state index contributed by atoms with van der Waals surface area (Å²) >= 11 is 0. The second kappa shape index (κ2) is 6.77. The summed E-state index contributed by atoms with van der Waals surface area (Å²) in [7, 11) is 1.72. The van der Waals surface area contributed by atoms with Gasteiger partial charge in [-0.2, -0.15) is 18.3 Å². The van der Waals surface area contributed by atoms with Crippen LogP contribution in [-0.4, -0.2) is 43.7 Å². The van der Waals surface area contributed by atoms with Crippen LogP contribution in [0, 0.1) is 19.8 Å². The normalized spacial score (nSPS) is 17.2. The van der Waals surface area contributed by atoms with Crippen LogP contribution in [0.1, 0.15) is 29.3 Å². The maximum absolute atomic E-state index is 12.8. The predicted molar refractivity (Wildman–Crippen MR) is 88.4 cm³/mol. The molecule has 0 N–H and O–H groups in total. The van der Waals surface area contributed by atoms with Crippen molar-refractivity contribution in [3.8, 4) is 0 Å². The number of hydrogen-bond acceptors (Lipinski definition) is 3. The molecule has 1 aliphatic heterocycles. The summed E-state index contributed by atoms with van der Waals surface area (Å²) < 4.78 is 41.6. The Kier molecular flexibility index (Phi) is 4.81. The number of carbonyl (C=O) groups excluding carboxylic acids is 1. The molecule has 1 aliphatic rings. The first kappa shape index (κ1) is 18.5. The van der Waals surface area contributed by atoms with Gasteiger partial charge in [-0.25, -0.2) is 4.98 Å². The maximum Gasteiger partial charge on any atom is 0.434 e. The molecular formula is C17H22F3N5O. The average molecular weight is 369 g/mol. The highest BCUT2D eigenvalue weighted by molar-refractivity contribution is 5.75. The second-order valence-corrected chi connectivity index (χ2v) is 6.96. The summed E-state index contributed by atoms with van der Waals surface area (Å²) in [4.78, 5) is 17.7. The van der Waals surface area contributed by atoms with Gasteiger partial charge in [0.2, 0.25) is 5.91 Å². The van der Waals surface area contributed by atoms with Crippen LogP contribution in [0.4, 0.5) is 13.2 Å². The number of carbonyl (C=O) groups is 1. The molecule has 0 unspecified atom stereocenters. The number of rotatable bonds is 4. The van der Waals surface area contributed by atoms with E-state index in [1.807, 2.05) is 19.9 Å². The molecule has 9 heteroatoms. The summed E-state index contributed by atoms with van der Waals surface area (Å²) in [6.07, 6.45) is -2.16. The van der Waals surface area contributed by atoms with Gasteiger partial charge < -0.3 is 9.47 Å². The third kappa shape index (κ3) is 3.91. The number of nitrogens with zero attached hydrogens (tertiary/aromatic N) is 5. The van der Waals surface area contributed by atoms with Crippen molar-refractivity contribution in [3.05, 3.63) is 35.2 Å². The van der Waals surface area contributed by atoms with E-state index in [1.54, 1.807) is 21.2 Å². The maximum atomic E-state index is 12.8. The van der Waals surface area contributed by atoms with Gasteiger partial charge in [0, 0.05) is 38.4 Å². The number of fused-ring (bicyclic) bond motifs is 1. The van der Waals surface area contributed by atoms with Gasteiger partial charge in [0.25, 0.3) is 0 Å².